The van der Waals surface area contributed by atoms with Crippen LogP contribution in [0.2, 0.25) is 0 Å². The fraction of sp³-hybridized carbons (Fsp3) is 0.143. The number of aryl methyl sites for hydroxylation is 2. The summed E-state index contributed by atoms with van der Waals surface area (Å²) in [5.41, 5.74) is 8.53. The van der Waals surface area contributed by atoms with E-state index in [0.717, 1.165) is 15.6 Å². The van der Waals surface area contributed by atoms with E-state index in [9.17, 15) is 8.42 Å². The Labute approximate surface area is 127 Å². The van der Waals surface area contributed by atoms with E-state index in [1.165, 1.54) is 6.07 Å². The van der Waals surface area contributed by atoms with Gasteiger partial charge in [-0.15, -0.1) is 0 Å². The molecule has 106 valence electrons. The van der Waals surface area contributed by atoms with Crippen molar-refractivity contribution >= 4 is 37.3 Å². The van der Waals surface area contributed by atoms with Crippen LogP contribution in [0, 0.1) is 13.8 Å². The molecule has 0 bridgehead atoms. The summed E-state index contributed by atoms with van der Waals surface area (Å²) in [5.74, 6) is 0. The number of halogens is 1. The van der Waals surface area contributed by atoms with Gasteiger partial charge in [-0.2, -0.15) is 0 Å². The zero-order chi connectivity index (χ0) is 14.9. The highest BCUT2D eigenvalue weighted by Crippen LogP contribution is 2.23. The first-order valence-electron chi connectivity index (χ1n) is 5.94. The standard InChI is InChI=1S/C14H15BrN2O2S/c1-9-5-11(15)7-12(6-9)17-20(18,19)13-4-3-10(2)14(16)8-13/h3-8,17H,16H2,1-2H3. The van der Waals surface area contributed by atoms with Crippen LogP contribution in [0.4, 0.5) is 11.4 Å². The number of anilines is 2. The second kappa shape index (κ2) is 5.46. The summed E-state index contributed by atoms with van der Waals surface area (Å²) in [4.78, 5) is 0.151. The van der Waals surface area contributed by atoms with Crippen LogP contribution in [0.1, 0.15) is 11.1 Å². The van der Waals surface area contributed by atoms with Crippen LogP contribution in [-0.4, -0.2) is 8.42 Å². The summed E-state index contributed by atoms with van der Waals surface area (Å²) in [6, 6.07) is 10.1. The molecule has 0 spiro atoms. The number of hydrogen-bond acceptors (Lipinski definition) is 3. The van der Waals surface area contributed by atoms with Crippen LogP contribution >= 0.6 is 15.9 Å². The van der Waals surface area contributed by atoms with Gasteiger partial charge in [0.1, 0.15) is 0 Å². The van der Waals surface area contributed by atoms with Crippen LogP contribution in [-0.2, 0) is 10.0 Å². The summed E-state index contributed by atoms with van der Waals surface area (Å²) >= 11 is 3.34. The van der Waals surface area contributed by atoms with E-state index in [1.807, 2.05) is 19.9 Å². The Morgan fingerprint density at radius 1 is 1.10 bits per heavy atom. The largest absolute Gasteiger partial charge is 0.398 e. The molecule has 0 aliphatic carbocycles. The van der Waals surface area contributed by atoms with Gasteiger partial charge in [0.15, 0.2) is 0 Å². The molecular formula is C14H15BrN2O2S. The Hall–Kier alpha value is -1.53. The number of nitrogens with one attached hydrogen (secondary N) is 1. The Morgan fingerprint density at radius 2 is 1.80 bits per heavy atom. The van der Waals surface area contributed by atoms with E-state index in [2.05, 4.69) is 20.7 Å². The van der Waals surface area contributed by atoms with Gasteiger partial charge in [-0.1, -0.05) is 22.0 Å². The molecule has 3 N–H and O–H groups in total. The highest BCUT2D eigenvalue weighted by atomic mass is 79.9. The van der Waals surface area contributed by atoms with Crippen molar-refractivity contribution in [3.8, 4) is 0 Å². The maximum Gasteiger partial charge on any atom is 0.261 e. The molecule has 2 aromatic rings. The van der Waals surface area contributed by atoms with Crippen LogP contribution in [0.25, 0.3) is 0 Å². The molecule has 0 amide bonds. The van der Waals surface area contributed by atoms with E-state index in [0.29, 0.717) is 11.4 Å². The van der Waals surface area contributed by atoms with Gasteiger partial charge >= 0.3 is 0 Å². The second-order valence-corrected chi connectivity index (χ2v) is 7.24. The summed E-state index contributed by atoms with van der Waals surface area (Å²) in [6.45, 7) is 3.73. The van der Waals surface area contributed by atoms with Crippen molar-refractivity contribution < 1.29 is 8.42 Å². The van der Waals surface area contributed by atoms with Gasteiger partial charge in [0, 0.05) is 10.2 Å². The van der Waals surface area contributed by atoms with Gasteiger partial charge in [0.05, 0.1) is 10.6 Å². The molecule has 0 aromatic heterocycles. The topological polar surface area (TPSA) is 72.2 Å². The molecule has 0 radical (unpaired) electrons. The van der Waals surface area contributed by atoms with Gasteiger partial charge < -0.3 is 5.73 Å². The number of nitrogens with two attached hydrogens (primary N) is 1. The average Bonchev–Trinajstić information content (AvgIpc) is 2.30. The second-order valence-electron chi connectivity index (χ2n) is 4.64. The van der Waals surface area contributed by atoms with Crippen molar-refractivity contribution in [2.45, 2.75) is 18.7 Å². The minimum absolute atomic E-state index is 0.151. The van der Waals surface area contributed by atoms with Gasteiger partial charge in [-0.25, -0.2) is 8.42 Å². The molecular weight excluding hydrogens is 340 g/mol. The molecule has 0 saturated heterocycles. The van der Waals surface area contributed by atoms with E-state index in [-0.39, 0.29) is 4.90 Å². The van der Waals surface area contributed by atoms with Gasteiger partial charge in [0.2, 0.25) is 0 Å². The van der Waals surface area contributed by atoms with Crippen LogP contribution in [0.15, 0.2) is 45.8 Å². The molecule has 0 fully saturated rings. The fourth-order valence-electron chi connectivity index (χ4n) is 1.80. The molecule has 20 heavy (non-hydrogen) atoms. The molecule has 0 unspecified atom stereocenters. The Morgan fingerprint density at radius 3 is 2.40 bits per heavy atom. The van der Waals surface area contributed by atoms with Crippen LogP contribution in [0.3, 0.4) is 0 Å². The zero-order valence-corrected chi connectivity index (χ0v) is 13.5. The molecule has 2 rings (SSSR count). The van der Waals surface area contributed by atoms with Gasteiger partial charge in [-0.05, 0) is 55.3 Å². The normalized spacial score (nSPS) is 11.3. The highest BCUT2D eigenvalue weighted by Gasteiger charge is 2.15. The third-order valence-electron chi connectivity index (χ3n) is 2.86. The number of rotatable bonds is 3. The van der Waals surface area contributed by atoms with E-state index < -0.39 is 10.0 Å². The molecule has 0 heterocycles. The molecule has 6 heteroatoms. The third kappa shape index (κ3) is 3.32. The van der Waals surface area contributed by atoms with E-state index in [4.69, 9.17) is 5.73 Å². The first kappa shape index (κ1) is 14.9. The average molecular weight is 355 g/mol. The van der Waals surface area contributed by atoms with E-state index in [1.54, 1.807) is 24.3 Å². The Kier molecular flexibility index (Phi) is 4.06. The molecule has 0 saturated carbocycles. The van der Waals surface area contributed by atoms with Crippen molar-refractivity contribution in [3.63, 3.8) is 0 Å². The minimum atomic E-state index is -3.64. The molecule has 0 atom stereocenters. The predicted molar refractivity (Wildman–Crippen MR) is 85.3 cm³/mol. The lowest BCUT2D eigenvalue weighted by Crippen LogP contribution is -2.13. The Balaban J connectivity index is 2.37. The fourth-order valence-corrected chi connectivity index (χ4v) is 3.48. The zero-order valence-electron chi connectivity index (χ0n) is 11.1. The lowest BCUT2D eigenvalue weighted by molar-refractivity contribution is 0.601. The number of sulfonamides is 1. The number of benzene rings is 2. The van der Waals surface area contributed by atoms with Crippen molar-refractivity contribution in [2.75, 3.05) is 10.5 Å². The van der Waals surface area contributed by atoms with E-state index >= 15 is 0 Å². The SMILES string of the molecule is Cc1cc(Br)cc(NS(=O)(=O)c2ccc(C)c(N)c2)c1. The maximum atomic E-state index is 12.3. The predicted octanol–water partition coefficient (Wildman–Crippen LogP) is 3.45. The van der Waals surface area contributed by atoms with Crippen LogP contribution in [0.5, 0.6) is 0 Å². The molecule has 2 aromatic carbocycles. The van der Waals surface area contributed by atoms with Crippen molar-refractivity contribution in [3.05, 3.63) is 52.0 Å². The monoisotopic (exact) mass is 354 g/mol. The lowest BCUT2D eigenvalue weighted by atomic mass is 10.2. The summed E-state index contributed by atoms with van der Waals surface area (Å²) < 4.78 is 28.0. The van der Waals surface area contributed by atoms with Crippen LogP contribution < -0.4 is 10.5 Å². The summed E-state index contributed by atoms with van der Waals surface area (Å²) in [7, 11) is -3.64. The summed E-state index contributed by atoms with van der Waals surface area (Å²) in [6.07, 6.45) is 0. The van der Waals surface area contributed by atoms with Gasteiger partial charge in [0.25, 0.3) is 10.0 Å². The number of nitrogen functional groups attached to an aromatic ring is 1. The molecule has 0 aliphatic heterocycles. The lowest BCUT2D eigenvalue weighted by Gasteiger charge is -2.10. The minimum Gasteiger partial charge on any atom is -0.398 e. The Bertz CT molecular complexity index is 738. The van der Waals surface area contributed by atoms with Crippen molar-refractivity contribution in [2.24, 2.45) is 0 Å². The molecule has 4 nitrogen and oxygen atoms in total. The maximum absolute atomic E-state index is 12.3. The first-order chi connectivity index (χ1) is 9.28. The first-order valence-corrected chi connectivity index (χ1v) is 8.22. The smallest absolute Gasteiger partial charge is 0.261 e. The van der Waals surface area contributed by atoms with Crippen molar-refractivity contribution in [1.82, 2.24) is 0 Å². The quantitative estimate of drug-likeness (QED) is 0.829. The number of hydrogen-bond donors (Lipinski definition) is 2. The van der Waals surface area contributed by atoms with Crippen molar-refractivity contribution in [1.29, 1.82) is 0 Å². The highest BCUT2D eigenvalue weighted by molar-refractivity contribution is 9.10. The molecule has 0 aliphatic rings. The van der Waals surface area contributed by atoms with Gasteiger partial charge in [-0.3, -0.25) is 4.72 Å². The third-order valence-corrected chi connectivity index (χ3v) is 4.69. The summed E-state index contributed by atoms with van der Waals surface area (Å²) in [5, 5.41) is 0.